The quantitative estimate of drug-likeness (QED) is 0.486. The van der Waals surface area contributed by atoms with Gasteiger partial charge in [-0.1, -0.05) is 23.2 Å². The number of carbonyl (C=O) groups is 2. The number of hydrogen-bond acceptors (Lipinski definition) is 4. The van der Waals surface area contributed by atoms with Crippen molar-refractivity contribution in [2.75, 3.05) is 7.11 Å². The van der Waals surface area contributed by atoms with E-state index in [4.69, 9.17) is 27.9 Å². The summed E-state index contributed by atoms with van der Waals surface area (Å²) in [4.78, 5) is 27.7. The first-order valence-electron chi connectivity index (χ1n) is 6.46. The van der Waals surface area contributed by atoms with Gasteiger partial charge in [0, 0.05) is 11.5 Å². The summed E-state index contributed by atoms with van der Waals surface area (Å²) in [7, 11) is 1.39. The Morgan fingerprint density at radius 2 is 1.60 bits per heavy atom. The molecule has 0 saturated heterocycles. The summed E-state index contributed by atoms with van der Waals surface area (Å²) in [5.74, 6) is -0.357. The molecular weight excluding hydrogens is 301 g/mol. The SMILES string of the molecule is COC(=O)[C@H]1CC[C@H](C(=O)c2cc(Cl)nc(Cl)c2)CC1. The first-order valence-corrected chi connectivity index (χ1v) is 7.22. The van der Waals surface area contributed by atoms with Crippen molar-refractivity contribution in [2.24, 2.45) is 11.8 Å². The van der Waals surface area contributed by atoms with Gasteiger partial charge in [-0.05, 0) is 37.8 Å². The Hall–Kier alpha value is -1.13. The molecule has 1 heterocycles. The van der Waals surface area contributed by atoms with Crippen LogP contribution in [-0.2, 0) is 9.53 Å². The van der Waals surface area contributed by atoms with Gasteiger partial charge in [-0.3, -0.25) is 9.59 Å². The number of hydrogen-bond donors (Lipinski definition) is 0. The lowest BCUT2D eigenvalue weighted by atomic mass is 9.79. The largest absolute Gasteiger partial charge is 0.469 e. The van der Waals surface area contributed by atoms with Crippen LogP contribution in [0.2, 0.25) is 10.3 Å². The molecule has 1 fully saturated rings. The normalized spacial score (nSPS) is 22.4. The lowest BCUT2D eigenvalue weighted by Crippen LogP contribution is -2.26. The number of ketones is 1. The first-order chi connectivity index (χ1) is 9.51. The highest BCUT2D eigenvalue weighted by Crippen LogP contribution is 2.32. The summed E-state index contributed by atoms with van der Waals surface area (Å²) < 4.78 is 4.73. The lowest BCUT2D eigenvalue weighted by molar-refractivity contribution is -0.146. The van der Waals surface area contributed by atoms with E-state index < -0.39 is 0 Å². The van der Waals surface area contributed by atoms with E-state index in [2.05, 4.69) is 4.98 Å². The molecule has 2 rings (SSSR count). The maximum Gasteiger partial charge on any atom is 0.308 e. The molecule has 0 atom stereocenters. The summed E-state index contributed by atoms with van der Waals surface area (Å²) in [6, 6.07) is 3.06. The molecule has 20 heavy (non-hydrogen) atoms. The molecule has 0 bridgehead atoms. The predicted octanol–water partition coefficient (Wildman–Crippen LogP) is 3.55. The van der Waals surface area contributed by atoms with Crippen LogP contribution in [-0.4, -0.2) is 23.8 Å². The molecule has 1 aromatic heterocycles. The van der Waals surface area contributed by atoms with Gasteiger partial charge in [0.05, 0.1) is 13.0 Å². The minimum Gasteiger partial charge on any atom is -0.469 e. The van der Waals surface area contributed by atoms with Gasteiger partial charge in [-0.15, -0.1) is 0 Å². The number of Topliss-reactive ketones (excluding diaryl/α,β-unsaturated/α-hetero) is 1. The van der Waals surface area contributed by atoms with E-state index >= 15 is 0 Å². The molecule has 0 unspecified atom stereocenters. The van der Waals surface area contributed by atoms with Crippen LogP contribution in [0.5, 0.6) is 0 Å². The predicted molar refractivity (Wildman–Crippen MR) is 76.1 cm³/mol. The van der Waals surface area contributed by atoms with Crippen molar-refractivity contribution in [3.8, 4) is 0 Å². The zero-order valence-electron chi connectivity index (χ0n) is 11.1. The smallest absolute Gasteiger partial charge is 0.308 e. The van der Waals surface area contributed by atoms with Crippen LogP contribution in [0.1, 0.15) is 36.0 Å². The second-order valence-corrected chi connectivity index (χ2v) is 5.71. The molecule has 1 aromatic rings. The Labute approximate surface area is 127 Å². The third-order valence-corrected chi connectivity index (χ3v) is 4.07. The summed E-state index contributed by atoms with van der Waals surface area (Å²) in [6.07, 6.45) is 2.71. The van der Waals surface area contributed by atoms with Gasteiger partial charge in [0.2, 0.25) is 0 Å². The van der Waals surface area contributed by atoms with Crippen molar-refractivity contribution < 1.29 is 14.3 Å². The number of rotatable bonds is 3. The van der Waals surface area contributed by atoms with Gasteiger partial charge >= 0.3 is 5.97 Å². The highest BCUT2D eigenvalue weighted by molar-refractivity contribution is 6.33. The van der Waals surface area contributed by atoms with Gasteiger partial charge in [0.15, 0.2) is 5.78 Å². The molecule has 4 nitrogen and oxygen atoms in total. The topological polar surface area (TPSA) is 56.3 Å². The van der Waals surface area contributed by atoms with E-state index in [0.717, 1.165) is 0 Å². The number of nitrogens with zero attached hydrogens (tertiary/aromatic N) is 1. The molecule has 1 aliphatic rings. The molecule has 0 N–H and O–H groups in total. The standard InChI is InChI=1S/C14H15Cl2NO3/c1-20-14(19)9-4-2-8(3-5-9)13(18)10-6-11(15)17-12(16)7-10/h6-9H,2-5H2,1H3/t8-,9-. The van der Waals surface area contributed by atoms with E-state index in [1.165, 1.54) is 19.2 Å². The Morgan fingerprint density at radius 1 is 1.10 bits per heavy atom. The van der Waals surface area contributed by atoms with Crippen LogP contribution in [0.3, 0.4) is 0 Å². The number of esters is 1. The molecule has 1 saturated carbocycles. The zero-order chi connectivity index (χ0) is 14.7. The van der Waals surface area contributed by atoms with Gasteiger partial charge in [0.25, 0.3) is 0 Å². The van der Waals surface area contributed by atoms with Gasteiger partial charge in [-0.2, -0.15) is 0 Å². The average Bonchev–Trinajstić information content (AvgIpc) is 2.45. The Balaban J connectivity index is 2.03. The van der Waals surface area contributed by atoms with Crippen molar-refractivity contribution in [2.45, 2.75) is 25.7 Å². The van der Waals surface area contributed by atoms with Crippen molar-refractivity contribution >= 4 is 35.0 Å². The molecule has 6 heteroatoms. The van der Waals surface area contributed by atoms with Crippen LogP contribution >= 0.6 is 23.2 Å². The average molecular weight is 316 g/mol. The van der Waals surface area contributed by atoms with Crippen LogP contribution in [0.25, 0.3) is 0 Å². The summed E-state index contributed by atoms with van der Waals surface area (Å²) in [6.45, 7) is 0. The molecule has 0 radical (unpaired) electrons. The number of ether oxygens (including phenoxy) is 1. The Morgan fingerprint density at radius 3 is 2.10 bits per heavy atom. The van der Waals surface area contributed by atoms with E-state index in [9.17, 15) is 9.59 Å². The second-order valence-electron chi connectivity index (χ2n) is 4.94. The second kappa shape index (κ2) is 6.55. The van der Waals surface area contributed by atoms with E-state index in [0.29, 0.717) is 31.2 Å². The molecule has 0 aromatic carbocycles. The highest BCUT2D eigenvalue weighted by Gasteiger charge is 2.31. The Bertz CT molecular complexity index is 505. The number of pyridine rings is 1. The van der Waals surface area contributed by atoms with Crippen LogP contribution in [0.15, 0.2) is 12.1 Å². The molecule has 0 aliphatic heterocycles. The molecule has 108 valence electrons. The summed E-state index contributed by atoms with van der Waals surface area (Å²) in [5.41, 5.74) is 0.483. The maximum absolute atomic E-state index is 12.4. The molecule has 0 amide bonds. The van der Waals surface area contributed by atoms with E-state index in [-0.39, 0.29) is 33.9 Å². The molecular formula is C14H15Cl2NO3. The third kappa shape index (κ3) is 3.49. The maximum atomic E-state index is 12.4. The fourth-order valence-electron chi connectivity index (χ4n) is 2.60. The fraction of sp³-hybridized carbons (Fsp3) is 0.500. The first kappa shape index (κ1) is 15.3. The summed E-state index contributed by atoms with van der Waals surface area (Å²) in [5, 5.41) is 0.424. The Kier molecular flexibility index (Phi) is 5.00. The van der Waals surface area contributed by atoms with E-state index in [1.54, 1.807) is 0 Å². The number of methoxy groups -OCH3 is 1. The fourth-order valence-corrected chi connectivity index (χ4v) is 3.06. The monoisotopic (exact) mass is 315 g/mol. The number of halogens is 2. The van der Waals surface area contributed by atoms with Gasteiger partial charge < -0.3 is 4.74 Å². The zero-order valence-corrected chi connectivity index (χ0v) is 12.6. The van der Waals surface area contributed by atoms with Crippen LogP contribution in [0.4, 0.5) is 0 Å². The lowest BCUT2D eigenvalue weighted by Gasteiger charge is -2.25. The van der Waals surface area contributed by atoms with Crippen molar-refractivity contribution in [3.63, 3.8) is 0 Å². The van der Waals surface area contributed by atoms with Crippen LogP contribution in [0, 0.1) is 11.8 Å². The molecule has 0 spiro atoms. The molecule has 1 aliphatic carbocycles. The highest BCUT2D eigenvalue weighted by atomic mass is 35.5. The van der Waals surface area contributed by atoms with Crippen molar-refractivity contribution in [1.82, 2.24) is 4.98 Å². The van der Waals surface area contributed by atoms with Gasteiger partial charge in [-0.25, -0.2) is 4.98 Å². The van der Waals surface area contributed by atoms with Gasteiger partial charge in [0.1, 0.15) is 10.3 Å². The minimum absolute atomic E-state index is 0.0134. The number of carbonyl (C=O) groups excluding carboxylic acids is 2. The third-order valence-electron chi connectivity index (χ3n) is 3.68. The number of aromatic nitrogens is 1. The van der Waals surface area contributed by atoms with E-state index in [1.807, 2.05) is 0 Å². The summed E-state index contributed by atoms with van der Waals surface area (Å²) >= 11 is 11.6. The van der Waals surface area contributed by atoms with Crippen molar-refractivity contribution in [1.29, 1.82) is 0 Å². The minimum atomic E-state index is -0.189. The van der Waals surface area contributed by atoms with Crippen LogP contribution < -0.4 is 0 Å². The van der Waals surface area contributed by atoms with Crippen molar-refractivity contribution in [3.05, 3.63) is 28.0 Å².